The van der Waals surface area contributed by atoms with Gasteiger partial charge in [-0.2, -0.15) is 0 Å². The molecule has 1 aromatic heterocycles. The van der Waals surface area contributed by atoms with Gasteiger partial charge in [-0.25, -0.2) is 20.2 Å². The molecule has 7 heteroatoms. The lowest BCUT2D eigenvalue weighted by Gasteiger charge is -2.23. The van der Waals surface area contributed by atoms with E-state index in [1.807, 2.05) is 31.2 Å². The van der Waals surface area contributed by atoms with Crippen LogP contribution in [-0.2, 0) is 0 Å². The number of phenols is 1. The smallest absolute Gasteiger partial charge is 0.357 e. The zero-order valence-electron chi connectivity index (χ0n) is 15.0. The number of guanidine groups is 1. The van der Waals surface area contributed by atoms with Crippen molar-refractivity contribution in [2.45, 2.75) is 20.0 Å². The van der Waals surface area contributed by atoms with E-state index in [1.54, 1.807) is 35.8 Å². The summed E-state index contributed by atoms with van der Waals surface area (Å²) in [6, 6.07) is 16.2. The van der Waals surface area contributed by atoms with Crippen LogP contribution in [0, 0.1) is 13.8 Å². The summed E-state index contributed by atoms with van der Waals surface area (Å²) >= 11 is 0. The normalized spacial score (nSPS) is 15.5. The van der Waals surface area contributed by atoms with E-state index in [-0.39, 0.29) is 11.3 Å². The van der Waals surface area contributed by atoms with Crippen LogP contribution in [0.4, 0.5) is 11.6 Å². The Morgan fingerprint density at radius 3 is 2.52 bits per heavy atom. The van der Waals surface area contributed by atoms with Crippen molar-refractivity contribution in [1.29, 1.82) is 0 Å². The quantitative estimate of drug-likeness (QED) is 0.548. The maximum atomic E-state index is 12.6. The molecule has 0 amide bonds. The van der Waals surface area contributed by atoms with E-state index >= 15 is 0 Å². The molecular weight excluding hydrogens is 342 g/mol. The maximum Gasteiger partial charge on any atom is 0.357 e. The second-order valence-corrected chi connectivity index (χ2v) is 6.56. The highest BCUT2D eigenvalue weighted by atomic mass is 16.3. The molecule has 0 saturated carbocycles. The number of aromatic nitrogens is 2. The van der Waals surface area contributed by atoms with Crippen molar-refractivity contribution in [3.05, 3.63) is 81.8 Å². The largest absolute Gasteiger partial charge is 0.508 e. The summed E-state index contributed by atoms with van der Waals surface area (Å²) in [6.45, 7) is 3.82. The van der Waals surface area contributed by atoms with E-state index in [1.165, 1.54) is 11.6 Å². The third kappa shape index (κ3) is 3.39. The molecule has 0 saturated heterocycles. The zero-order chi connectivity index (χ0) is 19.0. The molecule has 4 N–H and O–H groups in total. The van der Waals surface area contributed by atoms with Gasteiger partial charge in [0, 0.05) is 17.3 Å². The molecule has 7 nitrogen and oxygen atoms in total. The Balaban J connectivity index is 1.78. The van der Waals surface area contributed by atoms with Crippen LogP contribution in [0.2, 0.25) is 0 Å². The van der Waals surface area contributed by atoms with Crippen molar-refractivity contribution in [3.63, 3.8) is 0 Å². The molecule has 0 aliphatic carbocycles. The second-order valence-electron chi connectivity index (χ2n) is 6.56. The van der Waals surface area contributed by atoms with Crippen molar-refractivity contribution < 1.29 is 10.1 Å². The molecule has 0 radical (unpaired) electrons. The molecule has 1 atom stereocenters. The summed E-state index contributed by atoms with van der Waals surface area (Å²) in [4.78, 5) is 20.4. The van der Waals surface area contributed by atoms with Crippen molar-refractivity contribution >= 4 is 17.6 Å². The summed E-state index contributed by atoms with van der Waals surface area (Å²) in [6.07, 6.45) is -0.463. The van der Waals surface area contributed by atoms with Gasteiger partial charge in [-0.05, 0) is 50.2 Å². The minimum atomic E-state index is -0.463. The molecule has 2 aromatic carbocycles. The molecular formula is C20H20N5O2+. The average Bonchev–Trinajstić information content (AvgIpc) is 2.63. The van der Waals surface area contributed by atoms with Crippen LogP contribution in [0.1, 0.15) is 23.0 Å². The molecule has 2 heterocycles. The van der Waals surface area contributed by atoms with E-state index in [2.05, 4.69) is 20.6 Å². The molecule has 0 spiro atoms. The molecule has 4 rings (SSSR count). The van der Waals surface area contributed by atoms with Gasteiger partial charge in [-0.3, -0.25) is 9.79 Å². The van der Waals surface area contributed by atoms with E-state index in [9.17, 15) is 9.90 Å². The van der Waals surface area contributed by atoms with Gasteiger partial charge >= 0.3 is 5.96 Å². The van der Waals surface area contributed by atoms with Crippen LogP contribution in [0.25, 0.3) is 0 Å². The highest BCUT2D eigenvalue weighted by Gasteiger charge is 2.29. The number of fused-ring (bicyclic) bond motifs is 1. The number of phenolic OH excluding ortho intramolecular Hbond substituents is 1. The number of nitrogens with one attached hydrogen (secondary N) is 3. The topological polar surface area (TPSA) is 93.2 Å². The number of benzene rings is 2. The van der Waals surface area contributed by atoms with E-state index < -0.39 is 6.17 Å². The summed E-state index contributed by atoms with van der Waals surface area (Å²) in [5, 5.41) is 16.0. The number of aromatic hydroxyl groups is 1. The minimum absolute atomic E-state index is 0.162. The predicted molar refractivity (Wildman–Crippen MR) is 104 cm³/mol. The van der Waals surface area contributed by atoms with Gasteiger partial charge in [-0.1, -0.05) is 17.7 Å². The zero-order valence-corrected chi connectivity index (χ0v) is 15.0. The first-order valence-corrected chi connectivity index (χ1v) is 8.63. The number of rotatable bonds is 2. The lowest BCUT2D eigenvalue weighted by molar-refractivity contribution is -0.520. The number of hydrogen-bond acceptors (Lipinski definition) is 5. The van der Waals surface area contributed by atoms with Gasteiger partial charge in [0.1, 0.15) is 5.75 Å². The third-order valence-corrected chi connectivity index (χ3v) is 4.39. The van der Waals surface area contributed by atoms with Gasteiger partial charge in [0.25, 0.3) is 11.5 Å². The Hall–Kier alpha value is -3.61. The van der Waals surface area contributed by atoms with Crippen LogP contribution in [0.5, 0.6) is 5.75 Å². The molecule has 136 valence electrons. The van der Waals surface area contributed by atoms with Gasteiger partial charge in [-0.15, -0.1) is 0 Å². The first kappa shape index (κ1) is 16.8. The molecule has 27 heavy (non-hydrogen) atoms. The maximum absolute atomic E-state index is 12.6. The minimum Gasteiger partial charge on any atom is -0.508 e. The second kappa shape index (κ2) is 6.60. The lowest BCUT2D eigenvalue weighted by atomic mass is 10.1. The van der Waals surface area contributed by atoms with Crippen LogP contribution < -0.4 is 21.2 Å². The van der Waals surface area contributed by atoms with E-state index in [0.29, 0.717) is 17.6 Å². The molecule has 0 bridgehead atoms. The highest BCUT2D eigenvalue weighted by molar-refractivity contribution is 5.99. The molecule has 1 aliphatic heterocycles. The standard InChI is InChI=1S/C20H19N5O2/c1-12-3-7-15(8-4-12)22-19-23-18(14-5-9-16(26)10-6-14)25-17(27)11-13(2)21-20(25)24-19/h3-11,18,26H,1-2H3,(H2,21,22,23,24)/p+1/t18-/m1/s1. The van der Waals surface area contributed by atoms with Gasteiger partial charge in [0.2, 0.25) is 0 Å². The van der Waals surface area contributed by atoms with Crippen LogP contribution in [0.15, 0.2) is 59.4 Å². The van der Waals surface area contributed by atoms with Crippen molar-refractivity contribution in [2.75, 3.05) is 10.6 Å². The highest BCUT2D eigenvalue weighted by Crippen LogP contribution is 2.19. The fourth-order valence-electron chi connectivity index (χ4n) is 3.03. The molecule has 0 fully saturated rings. The fraction of sp³-hybridized carbons (Fsp3) is 0.150. The van der Waals surface area contributed by atoms with Crippen LogP contribution in [0.3, 0.4) is 0 Å². The van der Waals surface area contributed by atoms with Gasteiger partial charge in [0.05, 0.1) is 5.69 Å². The van der Waals surface area contributed by atoms with Crippen molar-refractivity contribution in [2.24, 2.45) is 0 Å². The van der Waals surface area contributed by atoms with Crippen LogP contribution in [-0.4, -0.2) is 20.6 Å². The van der Waals surface area contributed by atoms with Crippen molar-refractivity contribution in [1.82, 2.24) is 9.55 Å². The SMILES string of the molecule is Cc1ccc(NC2=[NH+][C@@H](c3ccc(O)cc3)n3c(nc(C)cc3=O)N2)cc1. The molecule has 1 aliphatic rings. The Kier molecular flexibility index (Phi) is 4.12. The first-order chi connectivity index (χ1) is 13.0. The Morgan fingerprint density at radius 2 is 1.81 bits per heavy atom. The Labute approximate surface area is 156 Å². The predicted octanol–water partition coefficient (Wildman–Crippen LogP) is 1.09. The molecule has 3 aromatic rings. The molecule has 0 unspecified atom stereocenters. The Morgan fingerprint density at radius 1 is 1.11 bits per heavy atom. The van der Waals surface area contributed by atoms with Crippen molar-refractivity contribution in [3.8, 4) is 5.75 Å². The third-order valence-electron chi connectivity index (χ3n) is 4.39. The van der Waals surface area contributed by atoms with Crippen LogP contribution >= 0.6 is 0 Å². The summed E-state index contributed by atoms with van der Waals surface area (Å²) < 4.78 is 1.56. The summed E-state index contributed by atoms with van der Waals surface area (Å²) in [7, 11) is 0. The number of hydrogen-bond donors (Lipinski definition) is 4. The monoisotopic (exact) mass is 362 g/mol. The summed E-state index contributed by atoms with van der Waals surface area (Å²) in [5.74, 6) is 1.24. The van der Waals surface area contributed by atoms with E-state index in [0.717, 1.165) is 11.3 Å². The first-order valence-electron chi connectivity index (χ1n) is 8.63. The lowest BCUT2D eigenvalue weighted by Crippen LogP contribution is -2.82. The fourth-order valence-corrected chi connectivity index (χ4v) is 3.03. The number of anilines is 2. The summed E-state index contributed by atoms with van der Waals surface area (Å²) in [5.41, 5.74) is 3.38. The van der Waals surface area contributed by atoms with E-state index in [4.69, 9.17) is 0 Å². The average molecular weight is 362 g/mol. The van der Waals surface area contributed by atoms with Gasteiger partial charge in [0.15, 0.2) is 6.17 Å². The number of nitrogens with zero attached hydrogens (tertiary/aromatic N) is 2. The number of aryl methyl sites for hydroxylation is 2. The Bertz CT molecular complexity index is 1070. The van der Waals surface area contributed by atoms with Gasteiger partial charge < -0.3 is 5.11 Å².